The highest BCUT2D eigenvalue weighted by atomic mass is 16.4. The maximum absolute atomic E-state index is 14.3. The topological polar surface area (TPSA) is 558 Å². The lowest BCUT2D eigenvalue weighted by Gasteiger charge is -2.30. The van der Waals surface area contributed by atoms with Crippen LogP contribution in [0.3, 0.4) is 0 Å². The van der Waals surface area contributed by atoms with E-state index in [4.69, 9.17) is 17.2 Å². The molecule has 0 fully saturated rings. The Morgan fingerprint density at radius 3 is 1.46 bits per heavy atom. The van der Waals surface area contributed by atoms with E-state index < -0.39 is 200 Å². The van der Waals surface area contributed by atoms with Gasteiger partial charge >= 0.3 is 11.9 Å². The van der Waals surface area contributed by atoms with E-state index in [0.29, 0.717) is 28.5 Å². The van der Waals surface area contributed by atoms with Gasteiger partial charge in [0, 0.05) is 36.4 Å². The summed E-state index contributed by atoms with van der Waals surface area (Å²) in [5.41, 5.74) is 19.0. The van der Waals surface area contributed by atoms with Crippen LogP contribution in [0.4, 0.5) is 0 Å². The zero-order valence-electron chi connectivity index (χ0n) is 55.7. The number of aliphatic hydroxyl groups is 2. The van der Waals surface area contributed by atoms with Gasteiger partial charge in [0.1, 0.15) is 66.5 Å². The number of carboxylic acid groups (broad SMARTS) is 2. The fourth-order valence-electron chi connectivity index (χ4n) is 9.56. The molecular weight excluding hydrogens is 1270 g/mol. The molecule has 12 amide bonds. The molecule has 3 rings (SSSR count). The number of aliphatic hydroxyl groups excluding tert-OH is 2. The van der Waals surface area contributed by atoms with Gasteiger partial charge in [0.15, 0.2) is 0 Å². The van der Waals surface area contributed by atoms with Gasteiger partial charge in [0.2, 0.25) is 70.9 Å². The Kier molecular flexibility index (Phi) is 34.2. The number of aromatic amines is 1. The lowest BCUT2D eigenvalue weighted by atomic mass is 9.96. The Labute approximate surface area is 560 Å². The molecule has 0 aliphatic carbocycles. The number of benzene rings is 2. The van der Waals surface area contributed by atoms with Crippen LogP contribution >= 0.6 is 0 Å². The maximum atomic E-state index is 14.3. The Balaban J connectivity index is 1.83. The van der Waals surface area contributed by atoms with E-state index in [-0.39, 0.29) is 44.7 Å². The minimum absolute atomic E-state index is 0.0203. The van der Waals surface area contributed by atoms with Crippen molar-refractivity contribution in [2.75, 3.05) is 32.8 Å². The fraction of sp³-hybridized carbons (Fsp3) is 0.556. The van der Waals surface area contributed by atoms with Crippen molar-refractivity contribution in [2.45, 2.75) is 173 Å². The van der Waals surface area contributed by atoms with E-state index in [1.54, 1.807) is 102 Å². The monoisotopic (exact) mass is 1360 g/mol. The first-order valence-corrected chi connectivity index (χ1v) is 31.8. The second-order valence-corrected chi connectivity index (χ2v) is 24.1. The molecule has 0 aliphatic heterocycles. The molecule has 0 unspecified atom stereocenters. The predicted molar refractivity (Wildman–Crippen MR) is 351 cm³/mol. The number of nitrogens with two attached hydrogens (primary N) is 3. The number of para-hydroxylation sites is 1. The zero-order valence-corrected chi connectivity index (χ0v) is 55.7. The molecule has 0 saturated heterocycles. The molecule has 3 aromatic rings. The number of hydrogen-bond acceptors (Lipinski definition) is 19. The van der Waals surface area contributed by atoms with Gasteiger partial charge in [-0.3, -0.25) is 67.1 Å². The number of fused-ring (bicyclic) bond motifs is 1. The van der Waals surface area contributed by atoms with Crippen molar-refractivity contribution in [3.8, 4) is 0 Å². The molecule has 1 heterocycles. The third kappa shape index (κ3) is 26.5. The number of nitrogens with one attached hydrogen (secondary N) is 13. The molecular formula is C63H96N16O18. The van der Waals surface area contributed by atoms with Gasteiger partial charge in [-0.15, -0.1) is 0 Å². The summed E-state index contributed by atoms with van der Waals surface area (Å²) in [6, 6.07) is -2.39. The van der Waals surface area contributed by atoms with E-state index in [1.165, 1.54) is 13.8 Å². The quantitative estimate of drug-likeness (QED) is 0.0252. The molecule has 97 heavy (non-hydrogen) atoms. The van der Waals surface area contributed by atoms with Crippen molar-refractivity contribution in [3.63, 3.8) is 0 Å². The van der Waals surface area contributed by atoms with Crippen molar-refractivity contribution in [1.29, 1.82) is 0 Å². The number of H-pyrrole nitrogens is 1. The average molecular weight is 1370 g/mol. The van der Waals surface area contributed by atoms with Crippen molar-refractivity contribution < 1.29 is 87.5 Å². The van der Waals surface area contributed by atoms with Crippen molar-refractivity contribution >= 4 is 93.7 Å². The van der Waals surface area contributed by atoms with Crippen LogP contribution < -0.4 is 81.0 Å². The minimum atomic E-state index is -1.84. The van der Waals surface area contributed by atoms with Gasteiger partial charge < -0.3 is 106 Å². The lowest BCUT2D eigenvalue weighted by Crippen LogP contribution is -2.61. The van der Waals surface area contributed by atoms with Crippen LogP contribution in [0.15, 0.2) is 60.8 Å². The third-order valence-corrected chi connectivity index (χ3v) is 15.7. The van der Waals surface area contributed by atoms with Crippen LogP contribution in [0.25, 0.3) is 10.9 Å². The number of aromatic nitrogens is 1. The van der Waals surface area contributed by atoms with Crippen molar-refractivity contribution in [1.82, 2.24) is 68.8 Å². The molecule has 34 heteroatoms. The summed E-state index contributed by atoms with van der Waals surface area (Å²) >= 11 is 0. The van der Waals surface area contributed by atoms with Crippen LogP contribution in [0.5, 0.6) is 0 Å². The van der Waals surface area contributed by atoms with E-state index in [0.717, 1.165) is 0 Å². The number of aliphatic carboxylic acids is 2. The SMILES string of the molecule is CC[C@H](C)[C@@H](NC(=O)[C@@H](NC(=O)[C@H](CCC(=O)O)NC(=O)[C@H](Cc1ccccc1)NC(=O)[C@@H](C)NC(=O)[C@H](CCN)NC(=O)[C@H](CO)NC(=O)[C@@H](Cc1c[nH]c2ccccc12)NC(=O)[C@@H](CO)NC(=O)CNC(=O)[C@@H](CCN)NC(=O)[C@H](N)C(C)C)C(C)C)C(=O)N[C@@H](C)C(=O)O. The van der Waals surface area contributed by atoms with Crippen LogP contribution in [0.2, 0.25) is 0 Å². The first-order chi connectivity index (χ1) is 45.8. The van der Waals surface area contributed by atoms with E-state index in [2.05, 4.69) is 68.8 Å². The first kappa shape index (κ1) is 81.6. The number of carboxylic acids is 2. The molecule has 0 spiro atoms. The van der Waals surface area contributed by atoms with Gasteiger partial charge in [0.25, 0.3) is 0 Å². The van der Waals surface area contributed by atoms with Gasteiger partial charge in [-0.25, -0.2) is 0 Å². The molecule has 13 atom stereocenters. The Hall–Kier alpha value is -9.64. The van der Waals surface area contributed by atoms with Crippen LogP contribution in [-0.2, 0) is 80.0 Å². The smallest absolute Gasteiger partial charge is 0.325 e. The highest BCUT2D eigenvalue weighted by Crippen LogP contribution is 2.20. The van der Waals surface area contributed by atoms with E-state index >= 15 is 0 Å². The summed E-state index contributed by atoms with van der Waals surface area (Å²) in [7, 11) is 0. The fourth-order valence-corrected chi connectivity index (χ4v) is 9.56. The Bertz CT molecular complexity index is 3200. The maximum Gasteiger partial charge on any atom is 0.325 e. The molecule has 23 N–H and O–H groups in total. The second-order valence-electron chi connectivity index (χ2n) is 24.1. The first-order valence-electron chi connectivity index (χ1n) is 31.8. The average Bonchev–Trinajstić information content (AvgIpc) is 1.75. The number of rotatable bonds is 42. The largest absolute Gasteiger partial charge is 0.481 e. The molecule has 0 saturated carbocycles. The van der Waals surface area contributed by atoms with Gasteiger partial charge in [-0.2, -0.15) is 0 Å². The Morgan fingerprint density at radius 2 is 0.918 bits per heavy atom. The molecule has 0 radical (unpaired) electrons. The molecule has 0 bridgehead atoms. The summed E-state index contributed by atoms with van der Waals surface area (Å²) in [6.07, 6.45) is -0.0852. The van der Waals surface area contributed by atoms with Gasteiger partial charge in [-0.1, -0.05) is 96.5 Å². The summed E-state index contributed by atoms with van der Waals surface area (Å²) < 4.78 is 0. The number of carbonyl (C=O) groups is 14. The molecule has 0 aliphatic rings. The normalized spacial score (nSPS) is 15.2. The number of carbonyl (C=O) groups excluding carboxylic acids is 12. The summed E-state index contributed by atoms with van der Waals surface area (Å²) in [5.74, 6) is -15.6. The second kappa shape index (κ2) is 40.7. The molecule has 2 aromatic carbocycles. The molecule has 1 aromatic heterocycles. The van der Waals surface area contributed by atoms with Gasteiger partial charge in [0.05, 0.1) is 25.8 Å². The Morgan fingerprint density at radius 1 is 0.464 bits per heavy atom. The predicted octanol–water partition coefficient (Wildman–Crippen LogP) is -5.24. The van der Waals surface area contributed by atoms with Crippen LogP contribution in [0, 0.1) is 17.8 Å². The highest BCUT2D eigenvalue weighted by Gasteiger charge is 2.37. The third-order valence-electron chi connectivity index (χ3n) is 15.7. The lowest BCUT2D eigenvalue weighted by molar-refractivity contribution is -0.142. The molecule has 34 nitrogen and oxygen atoms in total. The van der Waals surface area contributed by atoms with Gasteiger partial charge in [-0.05, 0) is 81.1 Å². The summed E-state index contributed by atoms with van der Waals surface area (Å²) in [6.45, 7) is 9.26. The highest BCUT2D eigenvalue weighted by molar-refractivity contribution is 6.00. The van der Waals surface area contributed by atoms with Crippen molar-refractivity contribution in [2.24, 2.45) is 35.0 Å². The summed E-state index contributed by atoms with van der Waals surface area (Å²) in [5, 5.41) is 69.6. The minimum Gasteiger partial charge on any atom is -0.481 e. The molecule has 536 valence electrons. The van der Waals surface area contributed by atoms with Crippen molar-refractivity contribution in [3.05, 3.63) is 71.9 Å². The van der Waals surface area contributed by atoms with Crippen LogP contribution in [0.1, 0.15) is 98.6 Å². The van der Waals surface area contributed by atoms with E-state index in [1.807, 2.05) is 0 Å². The summed E-state index contributed by atoms with van der Waals surface area (Å²) in [4.78, 5) is 191. The van der Waals surface area contributed by atoms with Crippen LogP contribution in [-0.4, -0.2) is 214 Å². The zero-order chi connectivity index (χ0) is 72.8. The van der Waals surface area contributed by atoms with E-state index in [9.17, 15) is 87.5 Å². The standard InChI is InChI=1S/C63H96N16O18/c1-9-33(6)51(62(95)70-35(8)63(96)97)79-61(94)50(32(4)5)78-55(88)40(19-20-48(83)84)72-56(89)43(25-36-15-11-10-12-16-36)75-52(85)34(7)69-54(87)42(22-24-65)73-59(92)46(30-81)77-57(90)44(26-37-27-67-39-18-14-13-17-38(37)39)76-58(91)45(29-80)71-47(82)28-68-53(86)41(21-23-64)74-60(93)49(66)31(2)3/h10-18,27,31-35,40-46,49-51,67,80-81H,9,19-26,28-30,64-66H2,1-8H3,(H,68,86)(H,69,87)(H,70,95)(H,71,82)(H,72,89)(H,73,92)(H,74,93)(H,75,85)(H,76,91)(H,77,90)(H,78,88)(H,79,94)(H,83,84)(H,96,97)/t33-,34+,35-,40-,41+,42-,43-,44+,45+,46-,49+,50-,51+/m0/s1. The number of amides is 12. The number of hydrogen-bond donors (Lipinski definition) is 20.